The molecule has 0 atom stereocenters. The first-order chi connectivity index (χ1) is 16.0. The number of allylic oxidation sites excluding steroid dienone is 1. The standard InChI is InChI=1S/C26H23FN4O2/c1-30(24-8-5-17-31(18-24)23-15-11-20(27)12-16-23)25(32)19-9-13-22(14-10-19)29-26(33)28-21-6-3-2-4-7-21/h2-16,18H,17H2,1H3,(H2,28,29,33). The minimum absolute atomic E-state index is 0.188. The van der Waals surface area contributed by atoms with Crippen LogP contribution in [0.15, 0.2) is 103 Å². The molecule has 0 saturated carbocycles. The number of rotatable bonds is 5. The van der Waals surface area contributed by atoms with E-state index in [0.717, 1.165) is 5.69 Å². The normalized spacial score (nSPS) is 12.7. The van der Waals surface area contributed by atoms with Crippen LogP contribution in [0.25, 0.3) is 0 Å². The number of urea groups is 1. The lowest BCUT2D eigenvalue weighted by molar-refractivity contribution is 0.0840. The molecule has 0 fully saturated rings. The van der Waals surface area contributed by atoms with Crippen LogP contribution >= 0.6 is 0 Å². The highest BCUT2D eigenvalue weighted by Gasteiger charge is 2.18. The Morgan fingerprint density at radius 3 is 2.18 bits per heavy atom. The predicted octanol–water partition coefficient (Wildman–Crippen LogP) is 5.46. The summed E-state index contributed by atoms with van der Waals surface area (Å²) >= 11 is 0. The Morgan fingerprint density at radius 2 is 1.52 bits per heavy atom. The third kappa shape index (κ3) is 5.46. The van der Waals surface area contributed by atoms with Crippen molar-refractivity contribution in [2.45, 2.75) is 0 Å². The lowest BCUT2D eigenvalue weighted by Gasteiger charge is -2.27. The topological polar surface area (TPSA) is 64.7 Å². The number of para-hydroxylation sites is 1. The molecule has 3 aromatic rings. The number of halogens is 1. The molecule has 33 heavy (non-hydrogen) atoms. The Balaban J connectivity index is 1.40. The third-order valence-electron chi connectivity index (χ3n) is 5.15. The van der Waals surface area contributed by atoms with Crippen molar-refractivity contribution in [2.75, 3.05) is 29.1 Å². The first kappa shape index (κ1) is 21.8. The van der Waals surface area contributed by atoms with Crippen molar-refractivity contribution in [1.29, 1.82) is 0 Å². The second kappa shape index (κ2) is 9.82. The van der Waals surface area contributed by atoms with Gasteiger partial charge in [-0.1, -0.05) is 24.3 Å². The van der Waals surface area contributed by atoms with Gasteiger partial charge in [-0.15, -0.1) is 0 Å². The number of nitrogens with zero attached hydrogens (tertiary/aromatic N) is 2. The molecule has 3 aromatic carbocycles. The molecule has 0 aromatic heterocycles. The monoisotopic (exact) mass is 442 g/mol. The van der Waals surface area contributed by atoms with E-state index in [4.69, 9.17) is 0 Å². The molecule has 166 valence electrons. The van der Waals surface area contributed by atoms with Gasteiger partial charge < -0.3 is 20.4 Å². The van der Waals surface area contributed by atoms with E-state index in [-0.39, 0.29) is 17.8 Å². The van der Waals surface area contributed by atoms with E-state index in [9.17, 15) is 14.0 Å². The molecule has 3 amide bonds. The van der Waals surface area contributed by atoms with Gasteiger partial charge >= 0.3 is 6.03 Å². The highest BCUT2D eigenvalue weighted by molar-refractivity contribution is 6.00. The number of anilines is 3. The summed E-state index contributed by atoms with van der Waals surface area (Å²) in [6.45, 7) is 0.628. The molecule has 7 heteroatoms. The molecule has 0 radical (unpaired) electrons. The average Bonchev–Trinajstić information content (AvgIpc) is 2.85. The summed E-state index contributed by atoms with van der Waals surface area (Å²) in [6.07, 6.45) is 5.68. The molecule has 0 bridgehead atoms. The summed E-state index contributed by atoms with van der Waals surface area (Å²) < 4.78 is 13.2. The number of amides is 3. The number of carbonyl (C=O) groups is 2. The zero-order valence-corrected chi connectivity index (χ0v) is 18.0. The van der Waals surface area contributed by atoms with E-state index in [1.807, 2.05) is 41.5 Å². The summed E-state index contributed by atoms with van der Waals surface area (Å²) in [4.78, 5) is 28.6. The predicted molar refractivity (Wildman–Crippen MR) is 129 cm³/mol. The Bertz CT molecular complexity index is 1190. The Hall–Kier alpha value is -4.39. The van der Waals surface area contributed by atoms with Gasteiger partial charge in [-0.2, -0.15) is 0 Å². The summed E-state index contributed by atoms with van der Waals surface area (Å²) in [5.74, 6) is -0.481. The van der Waals surface area contributed by atoms with Crippen molar-refractivity contribution < 1.29 is 14.0 Å². The molecule has 6 nitrogen and oxygen atoms in total. The molecule has 1 heterocycles. The van der Waals surface area contributed by atoms with Crippen LogP contribution in [-0.4, -0.2) is 30.4 Å². The van der Waals surface area contributed by atoms with Crippen LogP contribution in [0.2, 0.25) is 0 Å². The highest BCUT2D eigenvalue weighted by atomic mass is 19.1. The molecule has 1 aliphatic heterocycles. The lowest BCUT2D eigenvalue weighted by Crippen LogP contribution is -2.30. The Labute approximate surface area is 191 Å². The van der Waals surface area contributed by atoms with E-state index in [1.165, 1.54) is 12.1 Å². The summed E-state index contributed by atoms with van der Waals surface area (Å²) in [6, 6.07) is 21.7. The molecule has 0 saturated heterocycles. The fourth-order valence-corrected chi connectivity index (χ4v) is 3.38. The highest BCUT2D eigenvalue weighted by Crippen LogP contribution is 2.22. The van der Waals surface area contributed by atoms with Crippen LogP contribution in [0.3, 0.4) is 0 Å². The molecular weight excluding hydrogens is 419 g/mol. The van der Waals surface area contributed by atoms with Gasteiger partial charge in [0.2, 0.25) is 0 Å². The number of hydrogen-bond donors (Lipinski definition) is 2. The van der Waals surface area contributed by atoms with Gasteiger partial charge in [0.25, 0.3) is 5.91 Å². The molecule has 2 N–H and O–H groups in total. The zero-order valence-electron chi connectivity index (χ0n) is 18.0. The minimum atomic E-state index is -0.365. The van der Waals surface area contributed by atoms with Gasteiger partial charge in [-0.05, 0) is 66.7 Å². The molecule has 0 spiro atoms. The van der Waals surface area contributed by atoms with Crippen molar-refractivity contribution in [1.82, 2.24) is 4.90 Å². The number of benzene rings is 3. The van der Waals surface area contributed by atoms with Crippen LogP contribution in [0.5, 0.6) is 0 Å². The van der Waals surface area contributed by atoms with E-state index < -0.39 is 0 Å². The summed E-state index contributed by atoms with van der Waals surface area (Å²) in [5.41, 5.74) is 3.29. The van der Waals surface area contributed by atoms with Crippen LogP contribution in [0.1, 0.15) is 10.4 Å². The van der Waals surface area contributed by atoms with Crippen LogP contribution < -0.4 is 15.5 Å². The fraction of sp³-hybridized carbons (Fsp3) is 0.0769. The molecule has 4 rings (SSSR count). The number of hydrogen-bond acceptors (Lipinski definition) is 3. The first-order valence-electron chi connectivity index (χ1n) is 10.4. The Morgan fingerprint density at radius 1 is 0.879 bits per heavy atom. The maximum atomic E-state index is 13.2. The molecule has 0 unspecified atom stereocenters. The SMILES string of the molecule is CN(C(=O)c1ccc(NC(=O)Nc2ccccc2)cc1)C1=CN(c2ccc(F)cc2)CC=C1. The molecule has 1 aliphatic rings. The van der Waals surface area contributed by atoms with Crippen molar-refractivity contribution >= 4 is 29.0 Å². The van der Waals surface area contributed by atoms with Crippen molar-refractivity contribution in [2.24, 2.45) is 0 Å². The van der Waals surface area contributed by atoms with Crippen LogP contribution in [-0.2, 0) is 0 Å². The Kier molecular flexibility index (Phi) is 6.50. The fourth-order valence-electron chi connectivity index (χ4n) is 3.38. The number of likely N-dealkylation sites (N-methyl/N-ethyl adjacent to an activating group) is 1. The van der Waals surface area contributed by atoms with Gasteiger partial charge in [0.1, 0.15) is 5.82 Å². The van der Waals surface area contributed by atoms with Crippen molar-refractivity contribution in [3.63, 3.8) is 0 Å². The second-order valence-corrected chi connectivity index (χ2v) is 7.47. The smallest absolute Gasteiger partial charge is 0.323 e. The van der Waals surface area contributed by atoms with Gasteiger partial charge in [-0.3, -0.25) is 4.79 Å². The number of carbonyl (C=O) groups excluding carboxylic acids is 2. The van der Waals surface area contributed by atoms with Crippen LogP contribution in [0, 0.1) is 5.82 Å². The third-order valence-corrected chi connectivity index (χ3v) is 5.15. The van der Waals surface area contributed by atoms with Crippen LogP contribution in [0.4, 0.5) is 26.2 Å². The van der Waals surface area contributed by atoms with E-state index in [0.29, 0.717) is 29.2 Å². The van der Waals surface area contributed by atoms with Gasteiger partial charge in [0.05, 0.1) is 5.70 Å². The van der Waals surface area contributed by atoms with E-state index in [2.05, 4.69) is 10.6 Å². The van der Waals surface area contributed by atoms with Gasteiger partial charge in [0, 0.05) is 42.4 Å². The van der Waals surface area contributed by atoms with Gasteiger partial charge in [-0.25, -0.2) is 9.18 Å². The molecular formula is C26H23FN4O2. The largest absolute Gasteiger partial charge is 0.342 e. The van der Waals surface area contributed by atoms with E-state index in [1.54, 1.807) is 60.5 Å². The minimum Gasteiger partial charge on any atom is -0.342 e. The quantitative estimate of drug-likeness (QED) is 0.552. The number of nitrogens with one attached hydrogen (secondary N) is 2. The van der Waals surface area contributed by atoms with Crippen molar-refractivity contribution in [3.05, 3.63) is 114 Å². The lowest BCUT2D eigenvalue weighted by atomic mass is 10.1. The second-order valence-electron chi connectivity index (χ2n) is 7.47. The maximum absolute atomic E-state index is 13.2. The average molecular weight is 442 g/mol. The summed E-state index contributed by atoms with van der Waals surface area (Å²) in [5, 5.41) is 5.49. The van der Waals surface area contributed by atoms with Gasteiger partial charge in [0.15, 0.2) is 0 Å². The maximum Gasteiger partial charge on any atom is 0.323 e. The molecule has 0 aliphatic carbocycles. The summed E-state index contributed by atoms with van der Waals surface area (Å²) in [7, 11) is 1.70. The zero-order chi connectivity index (χ0) is 23.2. The van der Waals surface area contributed by atoms with Crippen molar-refractivity contribution in [3.8, 4) is 0 Å². The first-order valence-corrected chi connectivity index (χ1v) is 10.4. The van der Waals surface area contributed by atoms with E-state index >= 15 is 0 Å².